The summed E-state index contributed by atoms with van der Waals surface area (Å²) in [4.78, 5) is 18.3. The molecule has 0 aliphatic heterocycles. The molecule has 3 rings (SSSR count). The van der Waals surface area contributed by atoms with Gasteiger partial charge in [0.1, 0.15) is 12.0 Å². The average Bonchev–Trinajstić information content (AvgIpc) is 2.83. The first-order chi connectivity index (χ1) is 9.18. The molecule has 0 saturated heterocycles. The van der Waals surface area contributed by atoms with E-state index >= 15 is 0 Å². The molecule has 0 amide bonds. The second kappa shape index (κ2) is 6.31. The molecule has 5 nitrogen and oxygen atoms in total. The molecule has 0 bridgehead atoms. The molecular formula is C14H19N3O2. The number of aryl methyl sites for hydroxylation is 1. The fourth-order valence-corrected chi connectivity index (χ4v) is 2.36. The van der Waals surface area contributed by atoms with Gasteiger partial charge in [0.05, 0.1) is 5.92 Å². The standard InChI is InChI=1S/C7H7N3.C7H12O2/c1-10-3-2-6-4-8-5-9-7(6)10;8-7(9)6-4-2-1-3-5-6/h2-5H,1H3;6H,1-5H2,(H,8,9). The number of carboxylic acid groups (broad SMARTS) is 1. The monoisotopic (exact) mass is 261 g/mol. The van der Waals surface area contributed by atoms with Crippen molar-refractivity contribution >= 4 is 17.0 Å². The minimum Gasteiger partial charge on any atom is -0.481 e. The maximum Gasteiger partial charge on any atom is 0.306 e. The third-order valence-electron chi connectivity index (χ3n) is 3.48. The third kappa shape index (κ3) is 3.53. The first-order valence-corrected chi connectivity index (χ1v) is 6.62. The maximum atomic E-state index is 10.4. The normalized spacial score (nSPS) is 15.8. The van der Waals surface area contributed by atoms with E-state index in [0.717, 1.165) is 36.7 Å². The highest BCUT2D eigenvalue weighted by molar-refractivity contribution is 5.74. The maximum absolute atomic E-state index is 10.4. The lowest BCUT2D eigenvalue weighted by Gasteiger charge is -2.16. The van der Waals surface area contributed by atoms with Gasteiger partial charge in [-0.3, -0.25) is 4.79 Å². The van der Waals surface area contributed by atoms with Crippen LogP contribution in [-0.2, 0) is 11.8 Å². The lowest BCUT2D eigenvalue weighted by molar-refractivity contribution is -0.142. The first-order valence-electron chi connectivity index (χ1n) is 6.62. The summed E-state index contributed by atoms with van der Waals surface area (Å²) in [6.45, 7) is 0. The summed E-state index contributed by atoms with van der Waals surface area (Å²) in [5, 5.41) is 9.63. The van der Waals surface area contributed by atoms with Crippen LogP contribution in [0.2, 0.25) is 0 Å². The van der Waals surface area contributed by atoms with Gasteiger partial charge in [0.2, 0.25) is 0 Å². The summed E-state index contributed by atoms with van der Waals surface area (Å²) < 4.78 is 1.97. The molecule has 0 atom stereocenters. The van der Waals surface area contributed by atoms with Gasteiger partial charge in [-0.05, 0) is 18.9 Å². The van der Waals surface area contributed by atoms with Gasteiger partial charge in [0.25, 0.3) is 0 Å². The molecule has 0 unspecified atom stereocenters. The Bertz CT molecular complexity index is 544. The minimum absolute atomic E-state index is 0.0289. The Morgan fingerprint density at radius 3 is 2.68 bits per heavy atom. The SMILES string of the molecule is Cn1ccc2cncnc21.O=C(O)C1CCCCC1. The fourth-order valence-electron chi connectivity index (χ4n) is 2.36. The summed E-state index contributed by atoms with van der Waals surface area (Å²) in [5.74, 6) is -0.631. The van der Waals surface area contributed by atoms with E-state index in [9.17, 15) is 4.79 Å². The Kier molecular flexibility index (Phi) is 4.49. The van der Waals surface area contributed by atoms with Crippen LogP contribution in [0.15, 0.2) is 24.8 Å². The van der Waals surface area contributed by atoms with Gasteiger partial charge in [-0.15, -0.1) is 0 Å². The second-order valence-electron chi connectivity index (χ2n) is 4.90. The number of hydrogen-bond acceptors (Lipinski definition) is 3. The molecule has 2 aromatic heterocycles. The summed E-state index contributed by atoms with van der Waals surface area (Å²) in [7, 11) is 1.97. The Hall–Kier alpha value is -1.91. The third-order valence-corrected chi connectivity index (χ3v) is 3.48. The van der Waals surface area contributed by atoms with E-state index in [1.165, 1.54) is 6.42 Å². The highest BCUT2D eigenvalue weighted by atomic mass is 16.4. The lowest BCUT2D eigenvalue weighted by atomic mass is 9.90. The van der Waals surface area contributed by atoms with Crippen LogP contribution in [0.4, 0.5) is 0 Å². The molecule has 0 spiro atoms. The van der Waals surface area contributed by atoms with Crippen LogP contribution in [0.25, 0.3) is 11.0 Å². The first kappa shape index (κ1) is 13.5. The van der Waals surface area contributed by atoms with Crippen LogP contribution >= 0.6 is 0 Å². The van der Waals surface area contributed by atoms with Crippen LogP contribution in [0.3, 0.4) is 0 Å². The van der Waals surface area contributed by atoms with Gasteiger partial charge < -0.3 is 9.67 Å². The van der Waals surface area contributed by atoms with Crippen molar-refractivity contribution in [2.24, 2.45) is 13.0 Å². The Balaban J connectivity index is 0.000000141. The number of aromatic nitrogens is 3. The molecule has 2 aromatic rings. The topological polar surface area (TPSA) is 68.0 Å². The quantitative estimate of drug-likeness (QED) is 0.856. The number of fused-ring (bicyclic) bond motifs is 1. The Morgan fingerprint density at radius 2 is 2.11 bits per heavy atom. The Morgan fingerprint density at radius 1 is 1.37 bits per heavy atom. The highest BCUT2D eigenvalue weighted by Crippen LogP contribution is 2.23. The van der Waals surface area contributed by atoms with Gasteiger partial charge in [0.15, 0.2) is 0 Å². The van der Waals surface area contributed by atoms with Crippen molar-refractivity contribution in [1.29, 1.82) is 0 Å². The van der Waals surface area contributed by atoms with Gasteiger partial charge in [0, 0.05) is 24.8 Å². The van der Waals surface area contributed by atoms with E-state index in [2.05, 4.69) is 9.97 Å². The molecule has 19 heavy (non-hydrogen) atoms. The van der Waals surface area contributed by atoms with Crippen molar-refractivity contribution < 1.29 is 9.90 Å². The van der Waals surface area contributed by atoms with Crippen LogP contribution < -0.4 is 0 Å². The molecule has 5 heteroatoms. The molecule has 1 aliphatic rings. The molecule has 1 N–H and O–H groups in total. The number of carbonyl (C=O) groups is 1. The molecule has 1 aliphatic carbocycles. The number of aliphatic carboxylic acids is 1. The largest absolute Gasteiger partial charge is 0.481 e. The zero-order valence-electron chi connectivity index (χ0n) is 11.1. The number of rotatable bonds is 1. The van der Waals surface area contributed by atoms with Crippen molar-refractivity contribution in [1.82, 2.24) is 14.5 Å². The average molecular weight is 261 g/mol. The van der Waals surface area contributed by atoms with Crippen molar-refractivity contribution in [3.8, 4) is 0 Å². The van der Waals surface area contributed by atoms with Crippen LogP contribution in [0.5, 0.6) is 0 Å². The van der Waals surface area contributed by atoms with E-state index in [4.69, 9.17) is 5.11 Å². The van der Waals surface area contributed by atoms with Gasteiger partial charge in [-0.2, -0.15) is 0 Å². The molecule has 102 valence electrons. The van der Waals surface area contributed by atoms with E-state index in [1.807, 2.05) is 30.1 Å². The zero-order chi connectivity index (χ0) is 13.7. The second-order valence-corrected chi connectivity index (χ2v) is 4.90. The van der Waals surface area contributed by atoms with Crippen LogP contribution in [0.1, 0.15) is 32.1 Å². The van der Waals surface area contributed by atoms with Crippen molar-refractivity contribution in [2.45, 2.75) is 32.1 Å². The van der Waals surface area contributed by atoms with Crippen molar-refractivity contribution in [3.05, 3.63) is 24.8 Å². The minimum atomic E-state index is -0.602. The summed E-state index contributed by atoms with van der Waals surface area (Å²) in [5.41, 5.74) is 0.981. The van der Waals surface area contributed by atoms with Gasteiger partial charge in [-0.1, -0.05) is 19.3 Å². The van der Waals surface area contributed by atoms with Gasteiger partial charge in [-0.25, -0.2) is 9.97 Å². The number of nitrogens with zero attached hydrogens (tertiary/aromatic N) is 3. The number of hydrogen-bond donors (Lipinski definition) is 1. The molecule has 1 fully saturated rings. The molecular weight excluding hydrogens is 242 g/mol. The Labute approximate surface area is 112 Å². The summed E-state index contributed by atoms with van der Waals surface area (Å²) in [6, 6.07) is 2.00. The fraction of sp³-hybridized carbons (Fsp3) is 0.500. The molecule has 1 saturated carbocycles. The van der Waals surface area contributed by atoms with Gasteiger partial charge >= 0.3 is 5.97 Å². The van der Waals surface area contributed by atoms with E-state index in [-0.39, 0.29) is 5.92 Å². The molecule has 0 aromatic carbocycles. The molecule has 0 radical (unpaired) electrons. The van der Waals surface area contributed by atoms with E-state index in [1.54, 1.807) is 6.33 Å². The van der Waals surface area contributed by atoms with Crippen LogP contribution in [-0.4, -0.2) is 25.6 Å². The predicted molar refractivity (Wildman–Crippen MR) is 72.7 cm³/mol. The van der Waals surface area contributed by atoms with E-state index in [0.29, 0.717) is 0 Å². The zero-order valence-corrected chi connectivity index (χ0v) is 11.1. The highest BCUT2D eigenvalue weighted by Gasteiger charge is 2.19. The van der Waals surface area contributed by atoms with Crippen LogP contribution in [0, 0.1) is 5.92 Å². The smallest absolute Gasteiger partial charge is 0.306 e. The summed E-state index contributed by atoms with van der Waals surface area (Å²) in [6.07, 6.45) is 10.6. The predicted octanol–water partition coefficient (Wildman–Crippen LogP) is 2.62. The lowest BCUT2D eigenvalue weighted by Crippen LogP contribution is -2.16. The van der Waals surface area contributed by atoms with Crippen molar-refractivity contribution in [3.63, 3.8) is 0 Å². The molecule has 2 heterocycles. The van der Waals surface area contributed by atoms with Crippen molar-refractivity contribution in [2.75, 3.05) is 0 Å². The summed E-state index contributed by atoms with van der Waals surface area (Å²) >= 11 is 0. The number of carboxylic acids is 1. The van der Waals surface area contributed by atoms with E-state index < -0.39 is 5.97 Å².